The molecule has 178 valence electrons. The molecule has 2 aromatic carbocycles. The SMILES string of the molecule is CCOC(=O)c1ccc(NC(=O)CSc2nnc([C@@H](C)NC(=O)c3ccccc3)n2CC)cc1. The van der Waals surface area contributed by atoms with Gasteiger partial charge in [0.2, 0.25) is 5.91 Å². The van der Waals surface area contributed by atoms with E-state index in [1.165, 1.54) is 11.8 Å². The molecule has 1 atom stereocenters. The van der Waals surface area contributed by atoms with Gasteiger partial charge in [-0.2, -0.15) is 0 Å². The van der Waals surface area contributed by atoms with Crippen LogP contribution in [-0.4, -0.2) is 44.9 Å². The number of nitrogens with one attached hydrogen (secondary N) is 2. The molecule has 0 aliphatic heterocycles. The van der Waals surface area contributed by atoms with Gasteiger partial charge in [0.05, 0.1) is 24.0 Å². The molecule has 9 nitrogen and oxygen atoms in total. The summed E-state index contributed by atoms with van der Waals surface area (Å²) in [7, 11) is 0. The van der Waals surface area contributed by atoms with Gasteiger partial charge in [0.1, 0.15) is 0 Å². The van der Waals surface area contributed by atoms with E-state index in [4.69, 9.17) is 4.74 Å². The zero-order valence-electron chi connectivity index (χ0n) is 19.3. The van der Waals surface area contributed by atoms with Crippen LogP contribution in [0.5, 0.6) is 0 Å². The lowest BCUT2D eigenvalue weighted by molar-refractivity contribution is -0.113. The fourth-order valence-electron chi connectivity index (χ4n) is 3.19. The van der Waals surface area contributed by atoms with Crippen molar-refractivity contribution in [2.24, 2.45) is 0 Å². The molecule has 0 aliphatic rings. The van der Waals surface area contributed by atoms with Gasteiger partial charge in [0.25, 0.3) is 5.91 Å². The van der Waals surface area contributed by atoms with Gasteiger partial charge in [0.15, 0.2) is 11.0 Å². The van der Waals surface area contributed by atoms with Crippen molar-refractivity contribution in [2.45, 2.75) is 38.5 Å². The largest absolute Gasteiger partial charge is 0.462 e. The van der Waals surface area contributed by atoms with Crippen molar-refractivity contribution in [3.63, 3.8) is 0 Å². The molecule has 1 heterocycles. The lowest BCUT2D eigenvalue weighted by atomic mass is 10.2. The van der Waals surface area contributed by atoms with Crippen LogP contribution in [0.15, 0.2) is 59.8 Å². The van der Waals surface area contributed by atoms with Crippen molar-refractivity contribution in [3.05, 3.63) is 71.5 Å². The maximum Gasteiger partial charge on any atom is 0.338 e. The van der Waals surface area contributed by atoms with Gasteiger partial charge in [-0.1, -0.05) is 30.0 Å². The average Bonchev–Trinajstić information content (AvgIpc) is 3.27. The summed E-state index contributed by atoms with van der Waals surface area (Å²) in [6, 6.07) is 15.1. The van der Waals surface area contributed by atoms with Gasteiger partial charge >= 0.3 is 5.97 Å². The van der Waals surface area contributed by atoms with E-state index in [-0.39, 0.29) is 23.6 Å². The number of aromatic nitrogens is 3. The number of carbonyl (C=O) groups excluding carboxylic acids is 3. The van der Waals surface area contributed by atoms with Gasteiger partial charge in [-0.15, -0.1) is 10.2 Å². The number of carbonyl (C=O) groups is 3. The molecule has 0 saturated carbocycles. The molecule has 0 radical (unpaired) electrons. The number of anilines is 1. The van der Waals surface area contributed by atoms with E-state index in [1.54, 1.807) is 43.3 Å². The summed E-state index contributed by atoms with van der Waals surface area (Å²) in [5.41, 5.74) is 1.57. The molecule has 34 heavy (non-hydrogen) atoms. The number of thioether (sulfide) groups is 1. The van der Waals surface area contributed by atoms with E-state index in [1.807, 2.05) is 36.6 Å². The zero-order valence-corrected chi connectivity index (χ0v) is 20.1. The molecule has 3 aromatic rings. The number of ether oxygens (including phenoxy) is 1. The summed E-state index contributed by atoms with van der Waals surface area (Å²) in [4.78, 5) is 36.6. The Bertz CT molecular complexity index is 1130. The first-order valence-electron chi connectivity index (χ1n) is 10.9. The normalized spacial score (nSPS) is 11.5. The molecule has 10 heteroatoms. The molecular weight excluding hydrogens is 454 g/mol. The number of hydrogen-bond acceptors (Lipinski definition) is 7. The molecule has 0 saturated heterocycles. The summed E-state index contributed by atoms with van der Waals surface area (Å²) >= 11 is 1.26. The van der Waals surface area contributed by atoms with Crippen LogP contribution in [0.25, 0.3) is 0 Å². The Kier molecular flexibility index (Phi) is 8.80. The third-order valence-corrected chi connectivity index (χ3v) is 5.81. The average molecular weight is 482 g/mol. The second-order valence-corrected chi connectivity index (χ2v) is 8.22. The van der Waals surface area contributed by atoms with Crippen LogP contribution in [0.4, 0.5) is 5.69 Å². The highest BCUT2D eigenvalue weighted by Gasteiger charge is 2.20. The molecule has 2 N–H and O–H groups in total. The van der Waals surface area contributed by atoms with Gasteiger partial charge < -0.3 is 19.9 Å². The monoisotopic (exact) mass is 481 g/mol. The van der Waals surface area contributed by atoms with Crippen molar-refractivity contribution in [1.29, 1.82) is 0 Å². The van der Waals surface area contributed by atoms with Gasteiger partial charge in [-0.25, -0.2) is 4.79 Å². The van der Waals surface area contributed by atoms with Crippen LogP contribution in [0.1, 0.15) is 53.4 Å². The van der Waals surface area contributed by atoms with Crippen molar-refractivity contribution < 1.29 is 19.1 Å². The second kappa shape index (κ2) is 12.0. The molecule has 0 unspecified atom stereocenters. The van der Waals surface area contributed by atoms with Crippen LogP contribution in [-0.2, 0) is 16.1 Å². The minimum Gasteiger partial charge on any atom is -0.462 e. The number of nitrogens with zero attached hydrogens (tertiary/aromatic N) is 3. The molecule has 1 aromatic heterocycles. The predicted molar refractivity (Wildman–Crippen MR) is 130 cm³/mol. The topological polar surface area (TPSA) is 115 Å². The van der Waals surface area contributed by atoms with Crippen LogP contribution in [0.3, 0.4) is 0 Å². The predicted octanol–water partition coefficient (Wildman–Crippen LogP) is 3.70. The highest BCUT2D eigenvalue weighted by Crippen LogP contribution is 2.21. The Morgan fingerprint density at radius 1 is 1.00 bits per heavy atom. The minimum absolute atomic E-state index is 0.127. The lowest BCUT2D eigenvalue weighted by Gasteiger charge is -2.15. The van der Waals surface area contributed by atoms with E-state index in [2.05, 4.69) is 20.8 Å². The minimum atomic E-state index is -0.403. The highest BCUT2D eigenvalue weighted by molar-refractivity contribution is 7.99. The van der Waals surface area contributed by atoms with Crippen molar-refractivity contribution in [1.82, 2.24) is 20.1 Å². The summed E-state index contributed by atoms with van der Waals surface area (Å²) < 4.78 is 6.83. The molecule has 0 fully saturated rings. The van der Waals surface area contributed by atoms with E-state index in [0.717, 1.165) is 0 Å². The van der Waals surface area contributed by atoms with Gasteiger partial charge in [0, 0.05) is 17.8 Å². The zero-order chi connectivity index (χ0) is 24.5. The molecule has 2 amide bonds. The van der Waals surface area contributed by atoms with E-state index >= 15 is 0 Å². The van der Waals surface area contributed by atoms with Crippen LogP contribution < -0.4 is 10.6 Å². The van der Waals surface area contributed by atoms with Gasteiger partial charge in [-0.05, 0) is 57.2 Å². The summed E-state index contributed by atoms with van der Waals surface area (Å²) in [6.45, 7) is 6.43. The second-order valence-electron chi connectivity index (χ2n) is 7.28. The Labute approximate surface area is 202 Å². The maximum atomic E-state index is 12.5. The van der Waals surface area contributed by atoms with Crippen LogP contribution in [0, 0.1) is 0 Å². The maximum absolute atomic E-state index is 12.5. The van der Waals surface area contributed by atoms with Crippen molar-refractivity contribution in [2.75, 3.05) is 17.7 Å². The van der Waals surface area contributed by atoms with Crippen LogP contribution >= 0.6 is 11.8 Å². The Hall–Kier alpha value is -3.66. The Morgan fingerprint density at radius 3 is 2.35 bits per heavy atom. The summed E-state index contributed by atoms with van der Waals surface area (Å²) in [5.74, 6) is -0.0698. The highest BCUT2D eigenvalue weighted by atomic mass is 32.2. The van der Waals surface area contributed by atoms with E-state index in [9.17, 15) is 14.4 Å². The quantitative estimate of drug-likeness (QED) is 0.335. The summed E-state index contributed by atoms with van der Waals surface area (Å²) in [5, 5.41) is 14.8. The molecule has 0 aliphatic carbocycles. The van der Waals surface area contributed by atoms with Crippen molar-refractivity contribution in [3.8, 4) is 0 Å². The number of amides is 2. The first kappa shape index (κ1) is 25.0. The molecular formula is C24H27N5O4S. The summed E-state index contributed by atoms with van der Waals surface area (Å²) in [6.07, 6.45) is 0. The molecule has 0 bridgehead atoms. The van der Waals surface area contributed by atoms with E-state index < -0.39 is 5.97 Å². The fraction of sp³-hybridized carbons (Fsp3) is 0.292. The number of rotatable bonds is 10. The number of hydrogen-bond donors (Lipinski definition) is 2. The first-order valence-corrected chi connectivity index (χ1v) is 11.9. The van der Waals surface area contributed by atoms with Crippen molar-refractivity contribution >= 4 is 35.2 Å². The third-order valence-electron chi connectivity index (χ3n) is 4.84. The van der Waals surface area contributed by atoms with Gasteiger partial charge in [-0.3, -0.25) is 9.59 Å². The molecule has 0 spiro atoms. The Balaban J connectivity index is 1.57. The fourth-order valence-corrected chi connectivity index (χ4v) is 4.00. The number of benzene rings is 2. The standard InChI is InChI=1S/C24H27N5O4S/c1-4-29-21(16(3)25-22(31)17-9-7-6-8-10-17)27-28-24(29)34-15-20(30)26-19-13-11-18(12-14-19)23(32)33-5-2/h6-14,16H,4-5,15H2,1-3H3,(H,25,31)(H,26,30)/t16-/m1/s1. The number of esters is 1. The smallest absolute Gasteiger partial charge is 0.338 e. The lowest BCUT2D eigenvalue weighted by Crippen LogP contribution is -2.28. The first-order chi connectivity index (χ1) is 16.4. The molecule has 3 rings (SSSR count). The third kappa shape index (κ3) is 6.44. The Morgan fingerprint density at radius 2 is 1.71 bits per heavy atom. The van der Waals surface area contributed by atoms with Crippen LogP contribution in [0.2, 0.25) is 0 Å². The van der Waals surface area contributed by atoms with E-state index in [0.29, 0.717) is 40.9 Å².